The summed E-state index contributed by atoms with van der Waals surface area (Å²) in [5, 5.41) is 7.73. The van der Waals surface area contributed by atoms with Crippen molar-refractivity contribution in [2.75, 3.05) is 45.4 Å². The van der Waals surface area contributed by atoms with Crippen LogP contribution >= 0.6 is 23.5 Å². The second-order valence-corrected chi connectivity index (χ2v) is 8.12. The topological polar surface area (TPSA) is 45.7 Å². The molecule has 4 nitrogen and oxygen atoms in total. The summed E-state index contributed by atoms with van der Waals surface area (Å²) in [6, 6.07) is 0. The fraction of sp³-hybridized carbons (Fsp3) is 0.929. The molecule has 0 saturated carbocycles. The highest BCUT2D eigenvalue weighted by Gasteiger charge is 2.31. The number of nitrogens with one attached hydrogen (secondary N) is 2. The summed E-state index contributed by atoms with van der Waals surface area (Å²) < 4.78 is 5.79. The van der Waals surface area contributed by atoms with Crippen LogP contribution in [-0.4, -0.2) is 61.3 Å². The van der Waals surface area contributed by atoms with E-state index >= 15 is 0 Å². The molecular formula is C14H27N3OS2. The highest BCUT2D eigenvalue weighted by molar-refractivity contribution is 8.00. The predicted octanol–water partition coefficient (Wildman–Crippen LogP) is 1.96. The predicted molar refractivity (Wildman–Crippen MR) is 91.1 cm³/mol. The Labute approximate surface area is 131 Å². The second kappa shape index (κ2) is 8.39. The van der Waals surface area contributed by atoms with E-state index in [1.807, 2.05) is 18.8 Å². The molecule has 0 aromatic rings. The van der Waals surface area contributed by atoms with E-state index in [9.17, 15) is 0 Å². The summed E-state index contributed by atoms with van der Waals surface area (Å²) in [6.07, 6.45) is 7.14. The van der Waals surface area contributed by atoms with Crippen LogP contribution in [0.2, 0.25) is 0 Å². The van der Waals surface area contributed by atoms with E-state index in [2.05, 4.69) is 33.6 Å². The molecule has 0 bridgehead atoms. The summed E-state index contributed by atoms with van der Waals surface area (Å²) in [5.74, 6) is 2.26. The third-order valence-corrected chi connectivity index (χ3v) is 6.98. The third-order valence-electron chi connectivity index (χ3n) is 4.16. The summed E-state index contributed by atoms with van der Waals surface area (Å²) in [7, 11) is 1.85. The van der Waals surface area contributed by atoms with Crippen LogP contribution in [0.3, 0.4) is 0 Å². The number of hydrogen-bond acceptors (Lipinski definition) is 4. The van der Waals surface area contributed by atoms with Gasteiger partial charge in [0.1, 0.15) is 0 Å². The molecule has 0 aromatic heterocycles. The van der Waals surface area contributed by atoms with Crippen molar-refractivity contribution in [3.05, 3.63) is 0 Å². The minimum absolute atomic E-state index is 0.304. The number of rotatable bonds is 5. The van der Waals surface area contributed by atoms with Gasteiger partial charge in [-0.3, -0.25) is 4.99 Å². The van der Waals surface area contributed by atoms with E-state index in [0.717, 1.165) is 50.4 Å². The monoisotopic (exact) mass is 317 g/mol. The molecule has 0 radical (unpaired) electrons. The summed E-state index contributed by atoms with van der Waals surface area (Å²) in [5.41, 5.74) is 0. The smallest absolute Gasteiger partial charge is 0.191 e. The molecule has 6 heteroatoms. The minimum Gasteiger partial charge on any atom is -0.381 e. The third kappa shape index (κ3) is 4.74. The lowest BCUT2D eigenvalue weighted by molar-refractivity contribution is 0.0783. The Hall–Kier alpha value is -0.0700. The van der Waals surface area contributed by atoms with Crippen LogP contribution in [0, 0.1) is 0 Å². The molecule has 2 heterocycles. The van der Waals surface area contributed by atoms with Crippen LogP contribution in [0.15, 0.2) is 4.99 Å². The number of guanidine groups is 1. The number of ether oxygens (including phenoxy) is 1. The molecule has 20 heavy (non-hydrogen) atoms. The van der Waals surface area contributed by atoms with Crippen LogP contribution < -0.4 is 10.6 Å². The summed E-state index contributed by atoms with van der Waals surface area (Å²) >= 11 is 4.04. The second-order valence-electron chi connectivity index (χ2n) is 5.44. The Morgan fingerprint density at radius 3 is 2.80 bits per heavy atom. The van der Waals surface area contributed by atoms with Gasteiger partial charge in [-0.25, -0.2) is 0 Å². The number of thioether (sulfide) groups is 2. The van der Waals surface area contributed by atoms with E-state index in [0.29, 0.717) is 4.75 Å². The van der Waals surface area contributed by atoms with Crippen molar-refractivity contribution < 1.29 is 4.74 Å². The molecule has 116 valence electrons. The molecule has 0 amide bonds. The molecule has 2 aliphatic heterocycles. The maximum atomic E-state index is 5.48. The average Bonchev–Trinajstić information content (AvgIpc) is 3.02. The first-order valence-corrected chi connectivity index (χ1v) is 9.74. The Kier molecular flexibility index (Phi) is 6.84. The molecule has 2 rings (SSSR count). The van der Waals surface area contributed by atoms with E-state index in [1.54, 1.807) is 0 Å². The van der Waals surface area contributed by atoms with Gasteiger partial charge in [0, 0.05) is 43.3 Å². The van der Waals surface area contributed by atoms with Gasteiger partial charge in [-0.1, -0.05) is 0 Å². The first kappa shape index (κ1) is 16.3. The molecule has 2 N–H and O–H groups in total. The van der Waals surface area contributed by atoms with Gasteiger partial charge in [0.25, 0.3) is 0 Å². The van der Waals surface area contributed by atoms with Gasteiger partial charge in [0.05, 0.1) is 0 Å². The normalized spacial score (nSPS) is 26.5. The van der Waals surface area contributed by atoms with Gasteiger partial charge in [0.15, 0.2) is 5.96 Å². The van der Waals surface area contributed by atoms with E-state index in [-0.39, 0.29) is 0 Å². The molecule has 0 spiro atoms. The van der Waals surface area contributed by atoms with Crippen molar-refractivity contribution in [1.82, 2.24) is 10.6 Å². The van der Waals surface area contributed by atoms with Crippen molar-refractivity contribution in [1.29, 1.82) is 0 Å². The number of hydrogen-bond donors (Lipinski definition) is 2. The largest absolute Gasteiger partial charge is 0.381 e. The van der Waals surface area contributed by atoms with Crippen LogP contribution in [0.4, 0.5) is 0 Å². The molecule has 0 aromatic carbocycles. The van der Waals surface area contributed by atoms with Crippen LogP contribution in [-0.2, 0) is 4.74 Å². The van der Waals surface area contributed by atoms with Crippen LogP contribution in [0.1, 0.15) is 25.7 Å². The zero-order valence-electron chi connectivity index (χ0n) is 12.6. The maximum absolute atomic E-state index is 5.48. The lowest BCUT2D eigenvalue weighted by atomic mass is 9.99. The highest BCUT2D eigenvalue weighted by Crippen LogP contribution is 2.33. The Morgan fingerprint density at radius 1 is 1.40 bits per heavy atom. The van der Waals surface area contributed by atoms with Gasteiger partial charge >= 0.3 is 0 Å². The lowest BCUT2D eigenvalue weighted by Gasteiger charge is -2.36. The van der Waals surface area contributed by atoms with Gasteiger partial charge in [0.2, 0.25) is 0 Å². The lowest BCUT2D eigenvalue weighted by Crippen LogP contribution is -2.48. The minimum atomic E-state index is 0.304. The Balaban J connectivity index is 1.74. The molecule has 2 fully saturated rings. The number of aliphatic imine (C=N–C) groups is 1. The average molecular weight is 318 g/mol. The van der Waals surface area contributed by atoms with Crippen molar-refractivity contribution in [3.8, 4) is 0 Å². The van der Waals surface area contributed by atoms with Crippen LogP contribution in [0.25, 0.3) is 0 Å². The van der Waals surface area contributed by atoms with Crippen molar-refractivity contribution in [2.24, 2.45) is 4.99 Å². The van der Waals surface area contributed by atoms with Gasteiger partial charge in [-0.15, -0.1) is 0 Å². The quantitative estimate of drug-likeness (QED) is 0.599. The highest BCUT2D eigenvalue weighted by atomic mass is 32.2. The molecule has 1 unspecified atom stereocenters. The van der Waals surface area contributed by atoms with Crippen molar-refractivity contribution in [3.63, 3.8) is 0 Å². The SMILES string of the molecule is CN=C(NCC1CCCS1)NCC1(SC)CCOCC1. The van der Waals surface area contributed by atoms with Gasteiger partial charge in [-0.2, -0.15) is 23.5 Å². The first-order chi connectivity index (χ1) is 9.78. The number of nitrogens with zero attached hydrogens (tertiary/aromatic N) is 1. The maximum Gasteiger partial charge on any atom is 0.191 e. The summed E-state index contributed by atoms with van der Waals surface area (Å²) in [4.78, 5) is 4.34. The first-order valence-electron chi connectivity index (χ1n) is 7.47. The zero-order valence-corrected chi connectivity index (χ0v) is 14.2. The van der Waals surface area contributed by atoms with Crippen LogP contribution in [0.5, 0.6) is 0 Å². The molecule has 1 atom stereocenters. The zero-order chi connectivity index (χ0) is 14.3. The summed E-state index contributed by atoms with van der Waals surface area (Å²) in [6.45, 7) is 3.76. The van der Waals surface area contributed by atoms with Gasteiger partial charge in [-0.05, 0) is 37.7 Å². The van der Waals surface area contributed by atoms with Gasteiger partial charge < -0.3 is 15.4 Å². The fourth-order valence-electron chi connectivity index (χ4n) is 2.68. The Bertz CT molecular complexity index is 314. The van der Waals surface area contributed by atoms with Crippen molar-refractivity contribution >= 4 is 29.5 Å². The van der Waals surface area contributed by atoms with E-state index in [4.69, 9.17) is 4.74 Å². The molecule has 0 aliphatic carbocycles. The molecule has 2 saturated heterocycles. The molecule has 2 aliphatic rings. The molecular weight excluding hydrogens is 290 g/mol. The Morgan fingerprint density at radius 2 is 2.20 bits per heavy atom. The fourth-order valence-corrected chi connectivity index (χ4v) is 4.67. The van der Waals surface area contributed by atoms with E-state index < -0.39 is 0 Å². The van der Waals surface area contributed by atoms with E-state index in [1.165, 1.54) is 18.6 Å². The standard InChI is InChI=1S/C14H27N3OS2/c1-15-13(16-10-12-4-3-9-20-12)17-11-14(19-2)5-7-18-8-6-14/h12H,3-11H2,1-2H3,(H2,15,16,17). The van der Waals surface area contributed by atoms with Crippen molar-refractivity contribution in [2.45, 2.75) is 35.7 Å².